The predicted molar refractivity (Wildman–Crippen MR) is 103 cm³/mol. The molecule has 1 saturated heterocycles. The van der Waals surface area contributed by atoms with Gasteiger partial charge in [-0.1, -0.05) is 6.07 Å². The van der Waals surface area contributed by atoms with Crippen LogP contribution in [0.15, 0.2) is 29.4 Å². The molecule has 1 aliphatic heterocycles. The second-order valence-electron chi connectivity index (χ2n) is 6.82. The molecule has 0 aliphatic carbocycles. The van der Waals surface area contributed by atoms with Gasteiger partial charge in [0.05, 0.1) is 10.5 Å². The second kappa shape index (κ2) is 8.51. The summed E-state index contributed by atoms with van der Waals surface area (Å²) in [6, 6.07) is 5.81. The fourth-order valence-electron chi connectivity index (χ4n) is 2.79. The molecule has 0 atom stereocenters. The summed E-state index contributed by atoms with van der Waals surface area (Å²) in [4.78, 5) is 10.6. The van der Waals surface area contributed by atoms with Crippen LogP contribution in [0, 0.1) is 0 Å². The Labute approximate surface area is 150 Å². The van der Waals surface area contributed by atoms with Crippen LogP contribution in [0.5, 0.6) is 0 Å². The van der Waals surface area contributed by atoms with Gasteiger partial charge in [-0.15, -0.1) is 0 Å². The summed E-state index contributed by atoms with van der Waals surface area (Å²) in [6.07, 6.45) is 3.78. The number of hydrogen-bond donors (Lipinski definition) is 2. The molecule has 7 nitrogen and oxygen atoms in total. The largest absolute Gasteiger partial charge is 0.370 e. The van der Waals surface area contributed by atoms with Crippen molar-refractivity contribution in [2.75, 3.05) is 44.3 Å². The maximum Gasteiger partial charge on any atom is 0.193 e. The lowest BCUT2D eigenvalue weighted by molar-refractivity contribution is 0.353. The first-order chi connectivity index (χ1) is 11.9. The molecule has 0 unspecified atom stereocenters. The quantitative estimate of drug-likeness (QED) is 0.448. The van der Waals surface area contributed by atoms with E-state index in [2.05, 4.69) is 20.6 Å². The van der Waals surface area contributed by atoms with E-state index >= 15 is 0 Å². The van der Waals surface area contributed by atoms with Crippen LogP contribution in [0.25, 0.3) is 0 Å². The van der Waals surface area contributed by atoms with E-state index in [9.17, 15) is 8.42 Å². The first kappa shape index (κ1) is 19.5. The third-order valence-corrected chi connectivity index (χ3v) is 6.95. The van der Waals surface area contributed by atoms with Crippen LogP contribution in [0.1, 0.15) is 26.7 Å². The fourth-order valence-corrected chi connectivity index (χ4v) is 4.16. The van der Waals surface area contributed by atoms with Gasteiger partial charge in [0.1, 0.15) is 5.82 Å². The molecule has 1 aromatic heterocycles. The number of guanidine groups is 1. The van der Waals surface area contributed by atoms with Crippen LogP contribution in [-0.2, 0) is 9.84 Å². The van der Waals surface area contributed by atoms with Crippen molar-refractivity contribution in [3.05, 3.63) is 24.4 Å². The minimum atomic E-state index is -3.03. The number of nitrogens with one attached hydrogen (secondary N) is 2. The highest BCUT2D eigenvalue weighted by Gasteiger charge is 2.40. The Morgan fingerprint density at radius 1 is 1.32 bits per heavy atom. The van der Waals surface area contributed by atoms with Gasteiger partial charge in [-0.3, -0.25) is 4.99 Å². The molecule has 140 valence electrons. The first-order valence-electron chi connectivity index (χ1n) is 8.68. The number of hydrogen-bond acceptors (Lipinski definition) is 5. The second-order valence-corrected chi connectivity index (χ2v) is 9.57. The Bertz CT molecular complexity index is 674. The Morgan fingerprint density at radius 3 is 2.72 bits per heavy atom. The normalized spacial score (nSPS) is 19.5. The lowest BCUT2D eigenvalue weighted by atomic mass is 10.2. The molecule has 0 radical (unpaired) electrons. The summed E-state index contributed by atoms with van der Waals surface area (Å²) >= 11 is 0. The smallest absolute Gasteiger partial charge is 0.193 e. The highest BCUT2D eigenvalue weighted by atomic mass is 32.2. The van der Waals surface area contributed by atoms with Crippen LogP contribution in [0.4, 0.5) is 5.82 Å². The summed E-state index contributed by atoms with van der Waals surface area (Å²) in [5, 5.41) is 6.62. The molecule has 1 fully saturated rings. The minimum Gasteiger partial charge on any atom is -0.370 e. The van der Waals surface area contributed by atoms with Crippen LogP contribution in [0.3, 0.4) is 0 Å². The number of anilines is 1. The molecular formula is C17H29N5O2S. The lowest BCUT2D eigenvalue weighted by Crippen LogP contribution is -2.57. The van der Waals surface area contributed by atoms with Crippen molar-refractivity contribution in [1.82, 2.24) is 15.2 Å². The standard InChI is InChI=1S/C17H29N5O2S/c1-17(2)14-22(12-13-25(17,23)24)16(18-3)21-11-7-6-10-20-15-8-4-5-9-19-15/h4-5,8-9H,6-7,10-14H2,1-3H3,(H,18,21)(H,19,20). The first-order valence-corrected chi connectivity index (χ1v) is 10.3. The van der Waals surface area contributed by atoms with Gasteiger partial charge < -0.3 is 15.5 Å². The van der Waals surface area contributed by atoms with Crippen LogP contribution in [-0.4, -0.2) is 68.0 Å². The number of nitrogens with zero attached hydrogens (tertiary/aromatic N) is 3. The summed E-state index contributed by atoms with van der Waals surface area (Å²) in [7, 11) is -1.30. The number of unbranched alkanes of at least 4 members (excludes halogenated alkanes) is 1. The molecule has 2 N–H and O–H groups in total. The van der Waals surface area contributed by atoms with E-state index in [4.69, 9.17) is 0 Å². The van der Waals surface area contributed by atoms with Gasteiger partial charge in [0.15, 0.2) is 15.8 Å². The summed E-state index contributed by atoms with van der Waals surface area (Å²) < 4.78 is 23.5. The fraction of sp³-hybridized carbons (Fsp3) is 0.647. The number of aliphatic imine (C=N–C) groups is 1. The van der Waals surface area contributed by atoms with Gasteiger partial charge in [-0.25, -0.2) is 13.4 Å². The molecule has 1 aromatic rings. The molecule has 8 heteroatoms. The molecule has 2 heterocycles. The number of sulfone groups is 1. The van der Waals surface area contributed by atoms with E-state index in [-0.39, 0.29) is 5.75 Å². The number of rotatable bonds is 6. The van der Waals surface area contributed by atoms with E-state index in [0.717, 1.165) is 37.7 Å². The van der Waals surface area contributed by atoms with Crippen molar-refractivity contribution in [2.45, 2.75) is 31.4 Å². The van der Waals surface area contributed by atoms with E-state index in [1.165, 1.54) is 0 Å². The maximum absolute atomic E-state index is 12.1. The Balaban J connectivity index is 1.70. The van der Waals surface area contributed by atoms with Crippen LogP contribution in [0.2, 0.25) is 0 Å². The average molecular weight is 368 g/mol. The van der Waals surface area contributed by atoms with Crippen molar-refractivity contribution >= 4 is 21.6 Å². The Morgan fingerprint density at radius 2 is 2.08 bits per heavy atom. The lowest BCUT2D eigenvalue weighted by Gasteiger charge is -2.39. The average Bonchev–Trinajstić information content (AvgIpc) is 2.58. The molecular weight excluding hydrogens is 338 g/mol. The number of aromatic nitrogens is 1. The van der Waals surface area contributed by atoms with Crippen LogP contribution < -0.4 is 10.6 Å². The van der Waals surface area contributed by atoms with Crippen molar-refractivity contribution in [3.8, 4) is 0 Å². The van der Waals surface area contributed by atoms with E-state index in [0.29, 0.717) is 13.1 Å². The third kappa shape index (κ3) is 5.32. The van der Waals surface area contributed by atoms with Gasteiger partial charge in [-0.2, -0.15) is 0 Å². The molecule has 0 aromatic carbocycles. The van der Waals surface area contributed by atoms with Crippen molar-refractivity contribution in [3.63, 3.8) is 0 Å². The van der Waals surface area contributed by atoms with E-state index < -0.39 is 14.6 Å². The molecule has 25 heavy (non-hydrogen) atoms. The summed E-state index contributed by atoms with van der Waals surface area (Å²) in [5.74, 6) is 1.85. The van der Waals surface area contributed by atoms with Gasteiger partial charge >= 0.3 is 0 Å². The van der Waals surface area contributed by atoms with E-state index in [1.807, 2.05) is 23.1 Å². The molecule has 2 rings (SSSR count). The maximum atomic E-state index is 12.1. The Hall–Kier alpha value is -1.83. The van der Waals surface area contributed by atoms with Gasteiger partial charge in [0, 0.05) is 39.4 Å². The van der Waals surface area contributed by atoms with Crippen molar-refractivity contribution in [2.24, 2.45) is 4.99 Å². The Kier molecular flexibility index (Phi) is 6.64. The van der Waals surface area contributed by atoms with Gasteiger partial charge in [0.25, 0.3) is 0 Å². The minimum absolute atomic E-state index is 0.175. The number of pyridine rings is 1. The summed E-state index contributed by atoms with van der Waals surface area (Å²) in [6.45, 7) is 6.20. The van der Waals surface area contributed by atoms with Gasteiger partial charge in [0.2, 0.25) is 0 Å². The molecule has 0 bridgehead atoms. The predicted octanol–water partition coefficient (Wildman–Crippen LogP) is 1.36. The molecule has 0 amide bonds. The van der Waals surface area contributed by atoms with Crippen LogP contribution >= 0.6 is 0 Å². The highest BCUT2D eigenvalue weighted by molar-refractivity contribution is 7.92. The zero-order chi connectivity index (χ0) is 18.3. The third-order valence-electron chi connectivity index (χ3n) is 4.41. The van der Waals surface area contributed by atoms with Crippen molar-refractivity contribution < 1.29 is 8.42 Å². The van der Waals surface area contributed by atoms with E-state index in [1.54, 1.807) is 27.1 Å². The zero-order valence-electron chi connectivity index (χ0n) is 15.3. The topological polar surface area (TPSA) is 86.7 Å². The van der Waals surface area contributed by atoms with Gasteiger partial charge in [-0.05, 0) is 38.8 Å². The molecule has 0 spiro atoms. The zero-order valence-corrected chi connectivity index (χ0v) is 16.1. The molecule has 1 aliphatic rings. The monoisotopic (exact) mass is 367 g/mol. The van der Waals surface area contributed by atoms with Crippen molar-refractivity contribution in [1.29, 1.82) is 0 Å². The molecule has 0 saturated carbocycles. The highest BCUT2D eigenvalue weighted by Crippen LogP contribution is 2.23. The summed E-state index contributed by atoms with van der Waals surface area (Å²) in [5.41, 5.74) is 0. The SMILES string of the molecule is CN=C(NCCCCNc1ccccn1)N1CCS(=O)(=O)C(C)(C)C1.